The summed E-state index contributed by atoms with van der Waals surface area (Å²) < 4.78 is 19.9. The van der Waals surface area contributed by atoms with Crippen LogP contribution in [0.15, 0.2) is 16.6 Å². The van der Waals surface area contributed by atoms with Crippen molar-refractivity contribution < 1.29 is 13.9 Å². The second-order valence-electron chi connectivity index (χ2n) is 3.54. The van der Waals surface area contributed by atoms with E-state index in [0.717, 1.165) is 0 Å². The Kier molecular flexibility index (Phi) is 3.37. The zero-order chi connectivity index (χ0) is 13.3. The van der Waals surface area contributed by atoms with Crippen molar-refractivity contribution in [2.45, 2.75) is 6.54 Å². The Morgan fingerprint density at radius 3 is 2.94 bits per heavy atom. The van der Waals surface area contributed by atoms with Crippen molar-refractivity contribution in [3.63, 3.8) is 0 Å². The molecule has 2 rings (SSSR count). The van der Waals surface area contributed by atoms with Crippen LogP contribution in [0.3, 0.4) is 0 Å². The zero-order valence-corrected chi connectivity index (χ0v) is 10.8. The normalized spacial score (nSPS) is 10.8. The van der Waals surface area contributed by atoms with Crippen molar-refractivity contribution >= 4 is 39.0 Å². The van der Waals surface area contributed by atoms with Crippen molar-refractivity contribution in [2.75, 3.05) is 12.3 Å². The summed E-state index contributed by atoms with van der Waals surface area (Å²) in [5.41, 5.74) is 11.6. The summed E-state index contributed by atoms with van der Waals surface area (Å²) in [5, 5.41) is 0. The van der Waals surface area contributed by atoms with E-state index in [0.29, 0.717) is 22.1 Å². The fourth-order valence-corrected chi connectivity index (χ4v) is 1.94. The Hall–Kier alpha value is -1.83. The summed E-state index contributed by atoms with van der Waals surface area (Å²) in [6.45, 7) is 0.364. The number of hydrogen-bond acceptors (Lipinski definition) is 4. The highest BCUT2D eigenvalue weighted by molar-refractivity contribution is 9.10. The molecule has 4 N–H and O–H groups in total. The molecule has 1 amide bonds. The van der Waals surface area contributed by atoms with Crippen LogP contribution in [0.1, 0.15) is 0 Å². The number of imidazole rings is 1. The van der Waals surface area contributed by atoms with E-state index >= 15 is 0 Å². The van der Waals surface area contributed by atoms with Crippen LogP contribution in [0, 0.1) is 5.82 Å². The van der Waals surface area contributed by atoms with E-state index in [1.165, 1.54) is 6.07 Å². The Morgan fingerprint density at radius 1 is 1.56 bits per heavy atom. The molecule has 6 nitrogen and oxygen atoms in total. The number of primary amides is 1. The second kappa shape index (κ2) is 4.81. The number of carbonyl (C=O) groups excluding carboxylic acids is 1. The third-order valence-electron chi connectivity index (χ3n) is 2.38. The Morgan fingerprint density at radius 2 is 2.28 bits per heavy atom. The SMILES string of the molecule is NC(=O)OCCn1c(N)nc2cc(F)c(Br)cc21. The quantitative estimate of drug-likeness (QED) is 0.899. The van der Waals surface area contributed by atoms with Crippen LogP contribution in [0.2, 0.25) is 0 Å². The average molecular weight is 317 g/mol. The number of nitrogen functional groups attached to an aromatic ring is 1. The molecular formula is C10H10BrFN4O2. The highest BCUT2D eigenvalue weighted by atomic mass is 79.9. The first kappa shape index (κ1) is 12.6. The molecule has 0 aliphatic heterocycles. The lowest BCUT2D eigenvalue weighted by molar-refractivity contribution is 0.153. The van der Waals surface area contributed by atoms with Gasteiger partial charge in [0.05, 0.1) is 22.1 Å². The molecule has 0 unspecified atom stereocenters. The van der Waals surface area contributed by atoms with Gasteiger partial charge in [0, 0.05) is 6.07 Å². The van der Waals surface area contributed by atoms with Gasteiger partial charge >= 0.3 is 6.09 Å². The number of ether oxygens (including phenoxy) is 1. The number of fused-ring (bicyclic) bond motifs is 1. The van der Waals surface area contributed by atoms with Crippen molar-refractivity contribution in [2.24, 2.45) is 5.73 Å². The number of benzene rings is 1. The van der Waals surface area contributed by atoms with Gasteiger partial charge in [-0.2, -0.15) is 0 Å². The number of hydrogen-bond donors (Lipinski definition) is 2. The predicted octanol–water partition coefficient (Wildman–Crippen LogP) is 1.62. The van der Waals surface area contributed by atoms with Crippen molar-refractivity contribution in [3.8, 4) is 0 Å². The summed E-state index contributed by atoms with van der Waals surface area (Å²) in [4.78, 5) is 14.5. The van der Waals surface area contributed by atoms with Crippen molar-refractivity contribution in [3.05, 3.63) is 22.4 Å². The minimum absolute atomic E-state index is 0.0694. The van der Waals surface area contributed by atoms with Crippen LogP contribution in [0.25, 0.3) is 11.0 Å². The fraction of sp³-hybridized carbons (Fsp3) is 0.200. The molecule has 0 radical (unpaired) electrons. The van der Waals surface area contributed by atoms with Crippen LogP contribution < -0.4 is 11.5 Å². The smallest absolute Gasteiger partial charge is 0.404 e. The highest BCUT2D eigenvalue weighted by Gasteiger charge is 2.11. The number of nitrogens with zero attached hydrogens (tertiary/aromatic N) is 2. The summed E-state index contributed by atoms with van der Waals surface area (Å²) in [5.74, 6) is -0.198. The van der Waals surface area contributed by atoms with Gasteiger partial charge in [0.1, 0.15) is 12.4 Å². The molecule has 0 aliphatic carbocycles. The van der Waals surface area contributed by atoms with E-state index in [1.54, 1.807) is 10.6 Å². The molecule has 0 spiro atoms. The van der Waals surface area contributed by atoms with E-state index in [4.69, 9.17) is 11.5 Å². The number of amides is 1. The van der Waals surface area contributed by atoms with E-state index in [1.807, 2.05) is 0 Å². The maximum atomic E-state index is 13.3. The van der Waals surface area contributed by atoms with Crippen LogP contribution in [-0.2, 0) is 11.3 Å². The Balaban J connectivity index is 2.34. The molecular weight excluding hydrogens is 307 g/mol. The monoisotopic (exact) mass is 316 g/mol. The minimum atomic E-state index is -0.856. The standard InChI is InChI=1S/C10H10BrFN4O2/c11-5-3-8-7(4-6(5)12)15-9(13)16(8)1-2-18-10(14)17/h3-4H,1-2H2,(H2,13,15)(H2,14,17). The second-order valence-corrected chi connectivity index (χ2v) is 4.40. The molecule has 0 saturated heterocycles. The van der Waals surface area contributed by atoms with E-state index in [-0.39, 0.29) is 12.6 Å². The Bertz CT molecular complexity index is 613. The molecule has 0 saturated carbocycles. The summed E-state index contributed by atoms with van der Waals surface area (Å²) in [7, 11) is 0. The summed E-state index contributed by atoms with van der Waals surface area (Å²) in [6.07, 6.45) is -0.856. The maximum absolute atomic E-state index is 13.3. The van der Waals surface area contributed by atoms with Gasteiger partial charge in [-0.1, -0.05) is 0 Å². The molecule has 2 aromatic rings. The number of carbonyl (C=O) groups is 1. The van der Waals surface area contributed by atoms with Crippen LogP contribution in [-0.4, -0.2) is 22.3 Å². The fourth-order valence-electron chi connectivity index (χ4n) is 1.61. The highest BCUT2D eigenvalue weighted by Crippen LogP contribution is 2.24. The molecule has 18 heavy (non-hydrogen) atoms. The van der Waals surface area contributed by atoms with Gasteiger partial charge in [-0.3, -0.25) is 0 Å². The Labute approximate surface area is 110 Å². The number of rotatable bonds is 3. The lowest BCUT2D eigenvalue weighted by Gasteiger charge is -2.06. The third kappa shape index (κ3) is 2.37. The van der Waals surface area contributed by atoms with Gasteiger partial charge in [-0.05, 0) is 22.0 Å². The topological polar surface area (TPSA) is 96.2 Å². The molecule has 0 fully saturated rings. The summed E-state index contributed by atoms with van der Waals surface area (Å²) >= 11 is 3.09. The molecule has 8 heteroatoms. The largest absolute Gasteiger partial charge is 0.448 e. The molecule has 1 aromatic heterocycles. The molecule has 0 atom stereocenters. The van der Waals surface area contributed by atoms with Crippen LogP contribution >= 0.6 is 15.9 Å². The predicted molar refractivity (Wildman–Crippen MR) is 67.3 cm³/mol. The molecule has 1 heterocycles. The molecule has 0 bridgehead atoms. The van der Waals surface area contributed by atoms with Gasteiger partial charge in [0.15, 0.2) is 0 Å². The first-order valence-electron chi connectivity index (χ1n) is 5.02. The van der Waals surface area contributed by atoms with Crippen molar-refractivity contribution in [1.29, 1.82) is 0 Å². The lowest BCUT2D eigenvalue weighted by atomic mass is 10.3. The van der Waals surface area contributed by atoms with Gasteiger partial charge in [-0.25, -0.2) is 14.2 Å². The minimum Gasteiger partial charge on any atom is -0.448 e. The van der Waals surface area contributed by atoms with Gasteiger partial charge in [0.25, 0.3) is 0 Å². The third-order valence-corrected chi connectivity index (χ3v) is 2.99. The lowest BCUT2D eigenvalue weighted by Crippen LogP contribution is -2.17. The first-order chi connectivity index (χ1) is 8.49. The number of aromatic nitrogens is 2. The van der Waals surface area contributed by atoms with Gasteiger partial charge < -0.3 is 20.8 Å². The molecule has 1 aromatic carbocycles. The maximum Gasteiger partial charge on any atom is 0.404 e. The van der Waals surface area contributed by atoms with E-state index in [2.05, 4.69) is 25.7 Å². The molecule has 96 valence electrons. The van der Waals surface area contributed by atoms with Gasteiger partial charge in [-0.15, -0.1) is 0 Å². The van der Waals surface area contributed by atoms with E-state index in [9.17, 15) is 9.18 Å². The average Bonchev–Trinajstić information content (AvgIpc) is 2.56. The van der Waals surface area contributed by atoms with Gasteiger partial charge in [0.2, 0.25) is 5.95 Å². The summed E-state index contributed by atoms with van der Waals surface area (Å²) in [6, 6.07) is 2.85. The van der Waals surface area contributed by atoms with Crippen LogP contribution in [0.5, 0.6) is 0 Å². The van der Waals surface area contributed by atoms with E-state index < -0.39 is 11.9 Å². The number of nitrogens with two attached hydrogens (primary N) is 2. The van der Waals surface area contributed by atoms with Crippen molar-refractivity contribution in [1.82, 2.24) is 9.55 Å². The van der Waals surface area contributed by atoms with Crippen LogP contribution in [0.4, 0.5) is 15.1 Å². The first-order valence-corrected chi connectivity index (χ1v) is 5.81. The zero-order valence-electron chi connectivity index (χ0n) is 9.19. The molecule has 0 aliphatic rings. The number of halogens is 2. The number of anilines is 1.